The summed E-state index contributed by atoms with van der Waals surface area (Å²) in [5.41, 5.74) is 0.139. The van der Waals surface area contributed by atoms with E-state index in [-0.39, 0.29) is 17.5 Å². The second-order valence-corrected chi connectivity index (χ2v) is 4.69. The first-order valence-electron chi connectivity index (χ1n) is 5.13. The van der Waals surface area contributed by atoms with Crippen LogP contribution >= 0.6 is 0 Å². The van der Waals surface area contributed by atoms with Crippen LogP contribution in [0, 0.1) is 0 Å². The van der Waals surface area contributed by atoms with Gasteiger partial charge in [0.1, 0.15) is 0 Å². The van der Waals surface area contributed by atoms with E-state index < -0.39 is 0 Å². The van der Waals surface area contributed by atoms with E-state index in [1.165, 1.54) is 0 Å². The largest absolute Gasteiger partial charge is 0.350 e. The summed E-state index contributed by atoms with van der Waals surface area (Å²) >= 11 is 0. The first kappa shape index (κ1) is 9.00. The lowest BCUT2D eigenvalue weighted by Gasteiger charge is -2.21. The summed E-state index contributed by atoms with van der Waals surface area (Å²) in [6.07, 6.45) is 4.48. The number of hydrogen-bond donors (Lipinski definition) is 1. The predicted octanol–water partition coefficient (Wildman–Crippen LogP) is 0.749. The molecule has 13 heavy (non-hydrogen) atoms. The number of carbonyl (C=O) groups is 1. The van der Waals surface area contributed by atoms with Gasteiger partial charge in [0, 0.05) is 5.54 Å². The molecule has 1 aliphatic carbocycles. The van der Waals surface area contributed by atoms with E-state index in [0.29, 0.717) is 0 Å². The Morgan fingerprint density at radius 2 is 2.23 bits per heavy atom. The van der Waals surface area contributed by atoms with Crippen molar-refractivity contribution in [2.45, 2.75) is 44.2 Å². The minimum absolute atomic E-state index is 0.137. The lowest BCUT2D eigenvalue weighted by molar-refractivity contribution is -0.125. The van der Waals surface area contributed by atoms with Gasteiger partial charge in [0.25, 0.3) is 0 Å². The second-order valence-electron chi connectivity index (χ2n) is 4.69. The third-order valence-electron chi connectivity index (χ3n) is 3.25. The smallest absolute Gasteiger partial charge is 0.237 e. The average Bonchev–Trinajstić information content (AvgIpc) is 2.63. The molecule has 1 amide bonds. The van der Waals surface area contributed by atoms with Gasteiger partial charge in [-0.3, -0.25) is 9.69 Å². The fraction of sp³-hybridized carbons (Fsp3) is 0.900. The van der Waals surface area contributed by atoms with E-state index in [9.17, 15) is 4.79 Å². The van der Waals surface area contributed by atoms with E-state index >= 15 is 0 Å². The third kappa shape index (κ3) is 1.85. The summed E-state index contributed by atoms with van der Waals surface area (Å²) in [5.74, 6) is 0.236. The van der Waals surface area contributed by atoms with Gasteiger partial charge in [-0.25, -0.2) is 0 Å². The van der Waals surface area contributed by atoms with Crippen molar-refractivity contribution in [1.82, 2.24) is 10.2 Å². The Morgan fingerprint density at radius 1 is 1.54 bits per heavy atom. The SMILES string of the molecule is CN1CCCC1C(=O)NC1(C)CC1. The summed E-state index contributed by atoms with van der Waals surface area (Å²) in [6.45, 7) is 3.19. The van der Waals surface area contributed by atoms with Crippen LogP contribution in [0.1, 0.15) is 32.6 Å². The van der Waals surface area contributed by atoms with Gasteiger partial charge >= 0.3 is 0 Å². The molecule has 1 saturated heterocycles. The Hall–Kier alpha value is -0.570. The fourth-order valence-corrected chi connectivity index (χ4v) is 1.93. The highest BCUT2D eigenvalue weighted by Gasteiger charge is 2.41. The average molecular weight is 182 g/mol. The fourth-order valence-electron chi connectivity index (χ4n) is 1.93. The summed E-state index contributed by atoms with van der Waals surface area (Å²) < 4.78 is 0. The van der Waals surface area contributed by atoms with Crippen LogP contribution in [0.3, 0.4) is 0 Å². The molecule has 0 radical (unpaired) electrons. The van der Waals surface area contributed by atoms with Gasteiger partial charge < -0.3 is 5.32 Å². The van der Waals surface area contributed by atoms with E-state index in [1.807, 2.05) is 7.05 Å². The molecule has 3 nitrogen and oxygen atoms in total. The normalized spacial score (nSPS) is 31.7. The summed E-state index contributed by atoms with van der Waals surface area (Å²) in [5, 5.41) is 3.12. The molecular formula is C10H18N2O. The molecule has 0 aromatic heterocycles. The van der Waals surface area contributed by atoms with E-state index in [1.54, 1.807) is 0 Å². The minimum atomic E-state index is 0.137. The maximum atomic E-state index is 11.8. The Bertz CT molecular complexity index is 223. The zero-order chi connectivity index (χ0) is 9.47. The number of rotatable bonds is 2. The van der Waals surface area contributed by atoms with Crippen LogP contribution < -0.4 is 5.32 Å². The second kappa shape index (κ2) is 2.98. The van der Waals surface area contributed by atoms with Gasteiger partial charge in [-0.15, -0.1) is 0 Å². The topological polar surface area (TPSA) is 32.3 Å². The summed E-state index contributed by atoms with van der Waals surface area (Å²) in [4.78, 5) is 13.9. The summed E-state index contributed by atoms with van der Waals surface area (Å²) in [7, 11) is 2.03. The highest BCUT2D eigenvalue weighted by molar-refractivity contribution is 5.83. The Balaban J connectivity index is 1.89. The number of nitrogens with one attached hydrogen (secondary N) is 1. The number of nitrogens with zero attached hydrogens (tertiary/aromatic N) is 1. The predicted molar refractivity (Wildman–Crippen MR) is 51.4 cm³/mol. The van der Waals surface area contributed by atoms with Crippen molar-refractivity contribution >= 4 is 5.91 Å². The van der Waals surface area contributed by atoms with E-state index in [2.05, 4.69) is 17.1 Å². The van der Waals surface area contributed by atoms with Crippen LogP contribution in [0.4, 0.5) is 0 Å². The molecule has 2 aliphatic rings. The van der Waals surface area contributed by atoms with Gasteiger partial charge in [0.05, 0.1) is 6.04 Å². The molecule has 0 bridgehead atoms. The molecule has 2 rings (SSSR count). The molecule has 74 valence electrons. The van der Waals surface area contributed by atoms with Crippen LogP contribution in [-0.4, -0.2) is 36.0 Å². The lowest BCUT2D eigenvalue weighted by atomic mass is 10.2. The molecule has 2 fully saturated rings. The third-order valence-corrected chi connectivity index (χ3v) is 3.25. The van der Waals surface area contributed by atoms with Crippen LogP contribution in [0.15, 0.2) is 0 Å². The van der Waals surface area contributed by atoms with Crippen LogP contribution in [0.2, 0.25) is 0 Å². The van der Waals surface area contributed by atoms with E-state index in [0.717, 1.165) is 32.2 Å². The standard InChI is InChI=1S/C10H18N2O/c1-10(5-6-10)11-9(13)8-4-3-7-12(8)2/h8H,3-7H2,1-2H3,(H,11,13). The zero-order valence-electron chi connectivity index (χ0n) is 8.47. The van der Waals surface area contributed by atoms with Crippen molar-refractivity contribution in [2.75, 3.05) is 13.6 Å². The van der Waals surface area contributed by atoms with Gasteiger partial charge in [-0.05, 0) is 46.2 Å². The Kier molecular flexibility index (Phi) is 2.06. The number of likely N-dealkylation sites (N-methyl/N-ethyl adjacent to an activating group) is 1. The van der Waals surface area contributed by atoms with Crippen molar-refractivity contribution in [1.29, 1.82) is 0 Å². The monoisotopic (exact) mass is 182 g/mol. The molecule has 1 saturated carbocycles. The molecular weight excluding hydrogens is 164 g/mol. The van der Waals surface area contributed by atoms with Crippen LogP contribution in [-0.2, 0) is 4.79 Å². The highest BCUT2D eigenvalue weighted by Crippen LogP contribution is 2.34. The molecule has 1 unspecified atom stereocenters. The van der Waals surface area contributed by atoms with Crippen molar-refractivity contribution in [3.8, 4) is 0 Å². The number of likely N-dealkylation sites (tertiary alicyclic amines) is 1. The minimum Gasteiger partial charge on any atom is -0.350 e. The number of hydrogen-bond acceptors (Lipinski definition) is 2. The van der Waals surface area contributed by atoms with Crippen molar-refractivity contribution in [3.63, 3.8) is 0 Å². The quantitative estimate of drug-likeness (QED) is 0.683. The lowest BCUT2D eigenvalue weighted by Crippen LogP contribution is -2.45. The molecule has 3 heteroatoms. The van der Waals surface area contributed by atoms with Gasteiger partial charge in [0.15, 0.2) is 0 Å². The highest BCUT2D eigenvalue weighted by atomic mass is 16.2. The molecule has 0 spiro atoms. The van der Waals surface area contributed by atoms with Crippen molar-refractivity contribution < 1.29 is 4.79 Å². The maximum Gasteiger partial charge on any atom is 0.237 e. The molecule has 1 heterocycles. The molecule has 0 aromatic carbocycles. The Labute approximate surface area is 79.5 Å². The van der Waals surface area contributed by atoms with Crippen LogP contribution in [0.5, 0.6) is 0 Å². The number of amides is 1. The van der Waals surface area contributed by atoms with E-state index in [4.69, 9.17) is 0 Å². The first-order chi connectivity index (χ1) is 6.11. The molecule has 0 aromatic rings. The first-order valence-corrected chi connectivity index (χ1v) is 5.13. The van der Waals surface area contributed by atoms with Crippen molar-refractivity contribution in [2.24, 2.45) is 0 Å². The molecule has 1 N–H and O–H groups in total. The molecule has 1 aliphatic heterocycles. The number of carbonyl (C=O) groups excluding carboxylic acids is 1. The van der Waals surface area contributed by atoms with Crippen LogP contribution in [0.25, 0.3) is 0 Å². The van der Waals surface area contributed by atoms with Gasteiger partial charge in [0.2, 0.25) is 5.91 Å². The van der Waals surface area contributed by atoms with Gasteiger partial charge in [-0.2, -0.15) is 0 Å². The maximum absolute atomic E-state index is 11.8. The van der Waals surface area contributed by atoms with Gasteiger partial charge in [-0.1, -0.05) is 0 Å². The zero-order valence-corrected chi connectivity index (χ0v) is 8.47. The Morgan fingerprint density at radius 3 is 2.69 bits per heavy atom. The van der Waals surface area contributed by atoms with Crippen molar-refractivity contribution in [3.05, 3.63) is 0 Å². The molecule has 1 atom stereocenters. The summed E-state index contributed by atoms with van der Waals surface area (Å²) in [6, 6.07) is 0.137.